The van der Waals surface area contributed by atoms with E-state index in [1.807, 2.05) is 0 Å². The van der Waals surface area contributed by atoms with Crippen molar-refractivity contribution in [1.29, 1.82) is 0 Å². The second-order valence-electron chi connectivity index (χ2n) is 10.8. The summed E-state index contributed by atoms with van der Waals surface area (Å²) in [5, 5.41) is 5.79. The SMILES string of the molecule is O=C(CN1CCCC1)Nc1ccc(C(c2ccc(NC(=O)CN3CCCC3)cc2)c2ccccc2C(F)(F)F)cc1. The molecule has 216 valence electrons. The Bertz CT molecular complexity index is 1250. The van der Waals surface area contributed by atoms with Gasteiger partial charge in [-0.05, 0) is 98.9 Å². The molecule has 2 saturated heterocycles. The van der Waals surface area contributed by atoms with Crippen molar-refractivity contribution in [1.82, 2.24) is 9.80 Å². The molecule has 0 aromatic heterocycles. The maximum Gasteiger partial charge on any atom is 0.416 e. The minimum Gasteiger partial charge on any atom is -0.325 e. The molecule has 2 amide bonds. The van der Waals surface area contributed by atoms with Crippen molar-refractivity contribution < 1.29 is 22.8 Å². The summed E-state index contributed by atoms with van der Waals surface area (Å²) in [7, 11) is 0. The predicted molar refractivity (Wildman–Crippen MR) is 154 cm³/mol. The fraction of sp³-hybridized carbons (Fsp3) is 0.375. The van der Waals surface area contributed by atoms with Crippen LogP contribution in [0.5, 0.6) is 0 Å². The third-order valence-corrected chi connectivity index (χ3v) is 7.76. The fourth-order valence-corrected chi connectivity index (χ4v) is 5.76. The fourth-order valence-electron chi connectivity index (χ4n) is 5.76. The van der Waals surface area contributed by atoms with Gasteiger partial charge in [0.05, 0.1) is 18.7 Å². The zero-order valence-electron chi connectivity index (χ0n) is 22.9. The Hall–Kier alpha value is -3.69. The first kappa shape index (κ1) is 28.8. The number of halogens is 3. The molecule has 0 radical (unpaired) electrons. The predicted octanol–water partition coefficient (Wildman–Crippen LogP) is 5.95. The summed E-state index contributed by atoms with van der Waals surface area (Å²) in [5.74, 6) is -0.932. The molecule has 5 rings (SSSR count). The van der Waals surface area contributed by atoms with Gasteiger partial charge in [-0.2, -0.15) is 13.2 Å². The average Bonchev–Trinajstić information content (AvgIpc) is 3.65. The van der Waals surface area contributed by atoms with Crippen molar-refractivity contribution in [3.63, 3.8) is 0 Å². The van der Waals surface area contributed by atoms with Crippen LogP contribution in [0.15, 0.2) is 72.8 Å². The topological polar surface area (TPSA) is 64.7 Å². The number of anilines is 2. The number of nitrogens with one attached hydrogen (secondary N) is 2. The van der Waals surface area contributed by atoms with E-state index >= 15 is 0 Å². The molecule has 3 aromatic carbocycles. The van der Waals surface area contributed by atoms with Crippen LogP contribution in [0.2, 0.25) is 0 Å². The van der Waals surface area contributed by atoms with Crippen LogP contribution in [0, 0.1) is 0 Å². The number of likely N-dealkylation sites (tertiary alicyclic amines) is 2. The van der Waals surface area contributed by atoms with Gasteiger partial charge in [0, 0.05) is 17.3 Å². The molecule has 0 unspecified atom stereocenters. The lowest BCUT2D eigenvalue weighted by atomic mass is 9.82. The van der Waals surface area contributed by atoms with E-state index in [9.17, 15) is 22.8 Å². The smallest absolute Gasteiger partial charge is 0.325 e. The van der Waals surface area contributed by atoms with Gasteiger partial charge in [0.2, 0.25) is 11.8 Å². The van der Waals surface area contributed by atoms with E-state index in [0.29, 0.717) is 35.6 Å². The Morgan fingerprint density at radius 1 is 0.659 bits per heavy atom. The summed E-state index contributed by atoms with van der Waals surface area (Å²) < 4.78 is 42.3. The lowest BCUT2D eigenvalue weighted by molar-refractivity contribution is -0.138. The van der Waals surface area contributed by atoms with Crippen LogP contribution >= 0.6 is 0 Å². The molecule has 0 saturated carbocycles. The van der Waals surface area contributed by atoms with Gasteiger partial charge in [0.15, 0.2) is 0 Å². The number of benzene rings is 3. The molecule has 6 nitrogen and oxygen atoms in total. The summed E-state index contributed by atoms with van der Waals surface area (Å²) >= 11 is 0. The largest absolute Gasteiger partial charge is 0.416 e. The van der Waals surface area contributed by atoms with Gasteiger partial charge in [-0.15, -0.1) is 0 Å². The maximum atomic E-state index is 14.1. The van der Waals surface area contributed by atoms with E-state index in [4.69, 9.17) is 0 Å². The van der Waals surface area contributed by atoms with Crippen LogP contribution in [0.4, 0.5) is 24.5 Å². The van der Waals surface area contributed by atoms with Gasteiger partial charge in [0.1, 0.15) is 0 Å². The highest BCUT2D eigenvalue weighted by Crippen LogP contribution is 2.41. The molecule has 3 aromatic rings. The second-order valence-corrected chi connectivity index (χ2v) is 10.8. The van der Waals surface area contributed by atoms with Crippen LogP contribution in [0.25, 0.3) is 0 Å². The molecule has 2 heterocycles. The van der Waals surface area contributed by atoms with Crippen LogP contribution in [0.3, 0.4) is 0 Å². The van der Waals surface area contributed by atoms with Crippen molar-refractivity contribution in [2.24, 2.45) is 0 Å². The number of amides is 2. The summed E-state index contributed by atoms with van der Waals surface area (Å²) in [4.78, 5) is 29.2. The highest BCUT2D eigenvalue weighted by atomic mass is 19.4. The summed E-state index contributed by atoms with van der Waals surface area (Å²) in [6.45, 7) is 4.29. The maximum absolute atomic E-state index is 14.1. The lowest BCUT2D eigenvalue weighted by Gasteiger charge is -2.23. The van der Waals surface area contributed by atoms with E-state index in [2.05, 4.69) is 20.4 Å². The lowest BCUT2D eigenvalue weighted by Crippen LogP contribution is -2.30. The zero-order chi connectivity index (χ0) is 28.8. The highest BCUT2D eigenvalue weighted by molar-refractivity contribution is 5.92. The van der Waals surface area contributed by atoms with E-state index in [1.54, 1.807) is 54.6 Å². The molecule has 2 N–H and O–H groups in total. The van der Waals surface area contributed by atoms with Gasteiger partial charge >= 0.3 is 6.18 Å². The molecule has 2 aliphatic heterocycles. The normalized spacial score (nSPS) is 16.3. The molecule has 0 bridgehead atoms. The quantitative estimate of drug-likeness (QED) is 0.315. The Balaban J connectivity index is 1.38. The highest BCUT2D eigenvalue weighted by Gasteiger charge is 2.35. The molecule has 0 aliphatic carbocycles. The zero-order valence-corrected chi connectivity index (χ0v) is 22.9. The van der Waals surface area contributed by atoms with Crippen LogP contribution < -0.4 is 10.6 Å². The molecule has 2 fully saturated rings. The number of rotatable bonds is 9. The van der Waals surface area contributed by atoms with Crippen molar-refractivity contribution in [3.05, 3.63) is 95.1 Å². The van der Waals surface area contributed by atoms with Crippen molar-refractivity contribution in [2.45, 2.75) is 37.8 Å². The number of alkyl halides is 3. The standard InChI is InChI=1S/C32H35F3N4O2/c33-32(34,35)28-8-2-1-7-27(28)31(23-9-13-25(14-10-23)36-29(40)21-38-17-3-4-18-38)24-11-15-26(16-12-24)37-30(41)22-39-19-5-6-20-39/h1-2,7-16,31H,3-6,17-22H2,(H,36,40)(H,37,41). The third kappa shape index (κ3) is 7.54. The van der Waals surface area contributed by atoms with Crippen molar-refractivity contribution in [2.75, 3.05) is 49.9 Å². The first-order chi connectivity index (χ1) is 19.8. The van der Waals surface area contributed by atoms with Gasteiger partial charge in [0.25, 0.3) is 0 Å². The van der Waals surface area contributed by atoms with Gasteiger partial charge in [-0.1, -0.05) is 42.5 Å². The van der Waals surface area contributed by atoms with Crippen molar-refractivity contribution >= 4 is 23.2 Å². The summed E-state index contributed by atoms with van der Waals surface area (Å²) in [5.41, 5.74) is 1.94. The van der Waals surface area contributed by atoms with E-state index in [1.165, 1.54) is 12.1 Å². The van der Waals surface area contributed by atoms with Crippen LogP contribution in [0.1, 0.15) is 53.9 Å². The second kappa shape index (κ2) is 12.9. The van der Waals surface area contributed by atoms with Gasteiger partial charge < -0.3 is 10.6 Å². The van der Waals surface area contributed by atoms with Crippen LogP contribution in [-0.2, 0) is 15.8 Å². The molecule has 0 atom stereocenters. The number of nitrogens with zero attached hydrogens (tertiary/aromatic N) is 2. The third-order valence-electron chi connectivity index (χ3n) is 7.76. The Labute approximate surface area is 238 Å². The molecule has 9 heteroatoms. The van der Waals surface area contributed by atoms with E-state index < -0.39 is 17.7 Å². The van der Waals surface area contributed by atoms with E-state index in [-0.39, 0.29) is 17.4 Å². The number of hydrogen-bond acceptors (Lipinski definition) is 4. The molecular weight excluding hydrogens is 529 g/mol. The number of carbonyl (C=O) groups excluding carboxylic acids is 2. The Morgan fingerprint density at radius 2 is 1.07 bits per heavy atom. The van der Waals surface area contributed by atoms with Gasteiger partial charge in [-0.3, -0.25) is 19.4 Å². The van der Waals surface area contributed by atoms with Crippen LogP contribution in [-0.4, -0.2) is 60.9 Å². The summed E-state index contributed by atoms with van der Waals surface area (Å²) in [6, 6.07) is 19.6. The molecular formula is C32H35F3N4O2. The molecule has 0 spiro atoms. The van der Waals surface area contributed by atoms with Gasteiger partial charge in [-0.25, -0.2) is 0 Å². The first-order valence-electron chi connectivity index (χ1n) is 14.2. The summed E-state index contributed by atoms with van der Waals surface area (Å²) in [6.07, 6.45) is -0.158. The number of hydrogen-bond donors (Lipinski definition) is 2. The Kier molecular flexibility index (Phi) is 9.05. The van der Waals surface area contributed by atoms with E-state index in [0.717, 1.165) is 57.9 Å². The molecule has 41 heavy (non-hydrogen) atoms. The minimum absolute atomic E-state index is 0.110. The average molecular weight is 565 g/mol. The monoisotopic (exact) mass is 564 g/mol. The number of carbonyl (C=O) groups is 2. The Morgan fingerprint density at radius 3 is 1.49 bits per heavy atom. The minimum atomic E-state index is -4.53. The molecule has 2 aliphatic rings. The first-order valence-corrected chi connectivity index (χ1v) is 14.2. The van der Waals surface area contributed by atoms with Crippen molar-refractivity contribution in [3.8, 4) is 0 Å².